The van der Waals surface area contributed by atoms with Crippen LogP contribution in [0.25, 0.3) is 0 Å². The van der Waals surface area contributed by atoms with Crippen molar-refractivity contribution < 1.29 is 9.47 Å². The quantitative estimate of drug-likeness (QED) is 0.863. The first-order chi connectivity index (χ1) is 8.22. The number of benzene rings is 1. The summed E-state index contributed by atoms with van der Waals surface area (Å²) in [5.74, 6) is 2.61. The van der Waals surface area contributed by atoms with Crippen molar-refractivity contribution in [3.63, 3.8) is 0 Å². The molecule has 0 aromatic heterocycles. The van der Waals surface area contributed by atoms with Crippen LogP contribution in [0.4, 0.5) is 0 Å². The Morgan fingerprint density at radius 1 is 1.35 bits per heavy atom. The van der Waals surface area contributed by atoms with Crippen molar-refractivity contribution in [2.45, 2.75) is 20.0 Å². The molecule has 1 aromatic rings. The Morgan fingerprint density at radius 2 is 2.12 bits per heavy atom. The second-order valence-electron chi connectivity index (χ2n) is 4.04. The molecule has 0 aliphatic carbocycles. The molecule has 4 nitrogen and oxygen atoms in total. The van der Waals surface area contributed by atoms with E-state index in [0.717, 1.165) is 36.0 Å². The van der Waals surface area contributed by atoms with Crippen LogP contribution in [-0.4, -0.2) is 32.1 Å². The molecule has 0 saturated heterocycles. The molecule has 1 unspecified atom stereocenters. The normalized spacial score (nSPS) is 16.1. The Hall–Kier alpha value is -1.71. The van der Waals surface area contributed by atoms with Gasteiger partial charge in [0.15, 0.2) is 6.10 Å². The van der Waals surface area contributed by atoms with Gasteiger partial charge in [0.25, 0.3) is 0 Å². The first kappa shape index (κ1) is 11.8. The van der Waals surface area contributed by atoms with Gasteiger partial charge in [-0.05, 0) is 26.0 Å². The van der Waals surface area contributed by atoms with Crippen molar-refractivity contribution in [2.75, 3.05) is 20.2 Å². The average Bonchev–Trinajstić information content (AvgIpc) is 2.85. The highest BCUT2D eigenvalue weighted by Gasteiger charge is 2.16. The zero-order valence-electron chi connectivity index (χ0n) is 10.5. The van der Waals surface area contributed by atoms with Gasteiger partial charge in [-0.2, -0.15) is 0 Å². The summed E-state index contributed by atoms with van der Waals surface area (Å²) in [7, 11) is 1.66. The Kier molecular flexibility index (Phi) is 3.52. The van der Waals surface area contributed by atoms with Crippen LogP contribution in [0.1, 0.15) is 12.5 Å². The molecular formula is C13H18N2O2. The highest BCUT2D eigenvalue weighted by atomic mass is 16.5. The molecule has 0 spiro atoms. The van der Waals surface area contributed by atoms with E-state index >= 15 is 0 Å². The Labute approximate surface area is 102 Å². The fraction of sp³-hybridized carbons (Fsp3) is 0.462. The van der Waals surface area contributed by atoms with E-state index in [-0.39, 0.29) is 6.10 Å². The minimum Gasteiger partial charge on any atom is -0.496 e. The van der Waals surface area contributed by atoms with E-state index in [1.165, 1.54) is 0 Å². The standard InChI is InChI=1S/C13H18N2O2/c1-9-11(16-3)5-4-6-12(9)17-10(2)13-14-7-8-15-13/h4-6,10H,7-8H2,1-3H3,(H,14,15). The van der Waals surface area contributed by atoms with Crippen LogP contribution in [0.2, 0.25) is 0 Å². The summed E-state index contributed by atoms with van der Waals surface area (Å²) in [6, 6.07) is 5.81. The molecule has 1 atom stereocenters. The third-order valence-electron chi connectivity index (χ3n) is 2.84. The number of ether oxygens (including phenoxy) is 2. The predicted octanol–water partition coefficient (Wildman–Crippen LogP) is 1.77. The lowest BCUT2D eigenvalue weighted by Crippen LogP contribution is -2.33. The fourth-order valence-corrected chi connectivity index (χ4v) is 1.88. The number of nitrogens with one attached hydrogen (secondary N) is 1. The monoisotopic (exact) mass is 234 g/mol. The summed E-state index contributed by atoms with van der Waals surface area (Å²) in [5, 5.41) is 3.22. The zero-order valence-corrected chi connectivity index (χ0v) is 10.5. The highest BCUT2D eigenvalue weighted by molar-refractivity contribution is 5.87. The summed E-state index contributed by atoms with van der Waals surface area (Å²) >= 11 is 0. The molecule has 0 saturated carbocycles. The number of aliphatic imine (C=N–C) groups is 1. The molecule has 1 aliphatic rings. The Bertz CT molecular complexity index is 429. The maximum absolute atomic E-state index is 5.90. The Balaban J connectivity index is 2.12. The van der Waals surface area contributed by atoms with Gasteiger partial charge in [-0.1, -0.05) is 6.07 Å². The number of rotatable bonds is 4. The second-order valence-corrected chi connectivity index (χ2v) is 4.04. The molecule has 1 heterocycles. The summed E-state index contributed by atoms with van der Waals surface area (Å²) in [5.41, 5.74) is 1.01. The number of nitrogens with zero attached hydrogens (tertiary/aromatic N) is 1. The molecule has 0 bridgehead atoms. The van der Waals surface area contributed by atoms with Crippen molar-refractivity contribution in [3.05, 3.63) is 23.8 Å². The third-order valence-corrected chi connectivity index (χ3v) is 2.84. The van der Waals surface area contributed by atoms with Crippen LogP contribution in [0, 0.1) is 6.92 Å². The van der Waals surface area contributed by atoms with Crippen LogP contribution in [0.15, 0.2) is 23.2 Å². The molecule has 1 aliphatic heterocycles. The molecular weight excluding hydrogens is 216 g/mol. The minimum atomic E-state index is -0.0525. The zero-order chi connectivity index (χ0) is 12.3. The summed E-state index contributed by atoms with van der Waals surface area (Å²) in [4.78, 5) is 4.35. The molecule has 17 heavy (non-hydrogen) atoms. The third kappa shape index (κ3) is 2.52. The van der Waals surface area contributed by atoms with E-state index in [9.17, 15) is 0 Å². The van der Waals surface area contributed by atoms with Gasteiger partial charge in [0.05, 0.1) is 13.7 Å². The summed E-state index contributed by atoms with van der Waals surface area (Å²) < 4.78 is 11.2. The van der Waals surface area contributed by atoms with Crippen LogP contribution in [0.5, 0.6) is 11.5 Å². The van der Waals surface area contributed by atoms with Gasteiger partial charge in [-0.15, -0.1) is 0 Å². The van der Waals surface area contributed by atoms with E-state index in [1.807, 2.05) is 32.0 Å². The molecule has 1 N–H and O–H groups in total. The highest BCUT2D eigenvalue weighted by Crippen LogP contribution is 2.27. The average molecular weight is 234 g/mol. The van der Waals surface area contributed by atoms with Gasteiger partial charge in [0, 0.05) is 12.1 Å². The number of hydrogen-bond acceptors (Lipinski definition) is 4. The van der Waals surface area contributed by atoms with Crippen LogP contribution in [0.3, 0.4) is 0 Å². The number of amidine groups is 1. The topological polar surface area (TPSA) is 42.9 Å². The van der Waals surface area contributed by atoms with Gasteiger partial charge >= 0.3 is 0 Å². The molecule has 0 amide bonds. The molecule has 2 rings (SSSR count). The summed E-state index contributed by atoms with van der Waals surface area (Å²) in [6.45, 7) is 5.72. The van der Waals surface area contributed by atoms with Crippen LogP contribution < -0.4 is 14.8 Å². The van der Waals surface area contributed by atoms with E-state index < -0.39 is 0 Å². The number of hydrogen-bond donors (Lipinski definition) is 1. The number of methoxy groups -OCH3 is 1. The molecule has 4 heteroatoms. The second kappa shape index (κ2) is 5.08. The smallest absolute Gasteiger partial charge is 0.152 e. The Morgan fingerprint density at radius 3 is 2.76 bits per heavy atom. The first-order valence-electron chi connectivity index (χ1n) is 5.81. The largest absolute Gasteiger partial charge is 0.496 e. The van der Waals surface area contributed by atoms with E-state index in [4.69, 9.17) is 9.47 Å². The van der Waals surface area contributed by atoms with E-state index in [1.54, 1.807) is 7.11 Å². The SMILES string of the molecule is COc1cccc(OC(C)C2=NCCN2)c1C. The van der Waals surface area contributed by atoms with E-state index in [2.05, 4.69) is 10.3 Å². The molecule has 1 aromatic carbocycles. The molecule has 92 valence electrons. The lowest BCUT2D eigenvalue weighted by Gasteiger charge is -2.17. The first-order valence-corrected chi connectivity index (χ1v) is 5.81. The lowest BCUT2D eigenvalue weighted by molar-refractivity contribution is 0.279. The van der Waals surface area contributed by atoms with Crippen molar-refractivity contribution in [2.24, 2.45) is 4.99 Å². The van der Waals surface area contributed by atoms with Crippen molar-refractivity contribution >= 4 is 5.84 Å². The molecule has 0 radical (unpaired) electrons. The van der Waals surface area contributed by atoms with Crippen LogP contribution >= 0.6 is 0 Å². The maximum atomic E-state index is 5.90. The lowest BCUT2D eigenvalue weighted by atomic mass is 10.2. The maximum Gasteiger partial charge on any atom is 0.152 e. The van der Waals surface area contributed by atoms with Crippen molar-refractivity contribution in [1.82, 2.24) is 5.32 Å². The molecule has 0 fully saturated rings. The van der Waals surface area contributed by atoms with Gasteiger partial charge in [-0.25, -0.2) is 0 Å². The van der Waals surface area contributed by atoms with Gasteiger partial charge in [0.1, 0.15) is 17.3 Å². The van der Waals surface area contributed by atoms with Gasteiger partial charge < -0.3 is 14.8 Å². The minimum absolute atomic E-state index is 0.0525. The van der Waals surface area contributed by atoms with Crippen molar-refractivity contribution in [3.8, 4) is 11.5 Å². The fourth-order valence-electron chi connectivity index (χ4n) is 1.88. The predicted molar refractivity (Wildman–Crippen MR) is 68.1 cm³/mol. The van der Waals surface area contributed by atoms with E-state index in [0.29, 0.717) is 0 Å². The summed E-state index contributed by atoms with van der Waals surface area (Å²) in [6.07, 6.45) is -0.0525. The van der Waals surface area contributed by atoms with Crippen molar-refractivity contribution in [1.29, 1.82) is 0 Å². The van der Waals surface area contributed by atoms with Crippen LogP contribution in [-0.2, 0) is 0 Å². The van der Waals surface area contributed by atoms with Gasteiger partial charge in [0.2, 0.25) is 0 Å². The van der Waals surface area contributed by atoms with Gasteiger partial charge in [-0.3, -0.25) is 4.99 Å².